The summed E-state index contributed by atoms with van der Waals surface area (Å²) in [6.07, 6.45) is 2.41. The van der Waals surface area contributed by atoms with Crippen LogP contribution in [0.15, 0.2) is 16.6 Å². The number of benzene rings is 1. The standard InChI is InChI=1S/C18H29BrN2O3/c1-6-7-8-20-11-13-9-14(19)17(15(10-13)23-5)24-12-16(22)21-18(2,3)4/h9-10,20H,6-8,11-12H2,1-5H3,(H,21,22)/p+1. The van der Waals surface area contributed by atoms with Gasteiger partial charge >= 0.3 is 0 Å². The molecule has 0 aliphatic heterocycles. The molecule has 0 aliphatic rings. The second-order valence-corrected chi connectivity index (χ2v) is 7.69. The molecule has 0 atom stereocenters. The van der Waals surface area contributed by atoms with E-state index in [4.69, 9.17) is 9.47 Å². The van der Waals surface area contributed by atoms with Gasteiger partial charge in [-0.15, -0.1) is 0 Å². The van der Waals surface area contributed by atoms with Crippen molar-refractivity contribution in [2.75, 3.05) is 20.3 Å². The molecule has 0 heterocycles. The second kappa shape index (κ2) is 9.89. The van der Waals surface area contributed by atoms with E-state index in [1.54, 1.807) is 7.11 Å². The summed E-state index contributed by atoms with van der Waals surface area (Å²) < 4.78 is 11.9. The number of nitrogens with two attached hydrogens (primary N) is 1. The molecular weight excluding hydrogens is 372 g/mol. The summed E-state index contributed by atoms with van der Waals surface area (Å²) in [4.78, 5) is 11.9. The van der Waals surface area contributed by atoms with Gasteiger partial charge in [0.25, 0.3) is 5.91 Å². The average molecular weight is 402 g/mol. The maximum atomic E-state index is 11.9. The van der Waals surface area contributed by atoms with Crippen LogP contribution in [-0.4, -0.2) is 31.7 Å². The number of quaternary nitrogens is 1. The summed E-state index contributed by atoms with van der Waals surface area (Å²) in [5.74, 6) is 1.03. The summed E-state index contributed by atoms with van der Waals surface area (Å²) in [6.45, 7) is 9.95. The zero-order valence-corrected chi connectivity index (χ0v) is 17.0. The fourth-order valence-electron chi connectivity index (χ4n) is 2.24. The number of methoxy groups -OCH3 is 1. The Balaban J connectivity index is 2.72. The summed E-state index contributed by atoms with van der Waals surface area (Å²) >= 11 is 3.52. The molecule has 1 amide bonds. The molecule has 24 heavy (non-hydrogen) atoms. The van der Waals surface area contributed by atoms with Crippen molar-refractivity contribution in [3.05, 3.63) is 22.2 Å². The van der Waals surface area contributed by atoms with Crippen molar-refractivity contribution in [1.82, 2.24) is 5.32 Å². The minimum atomic E-state index is -0.278. The van der Waals surface area contributed by atoms with Crippen molar-refractivity contribution < 1.29 is 19.6 Å². The third-order valence-electron chi connectivity index (χ3n) is 3.29. The normalized spacial score (nSPS) is 11.2. The largest absolute Gasteiger partial charge is 0.493 e. The lowest BCUT2D eigenvalue weighted by Crippen LogP contribution is -2.82. The van der Waals surface area contributed by atoms with Crippen LogP contribution in [0.1, 0.15) is 46.1 Å². The van der Waals surface area contributed by atoms with Crippen LogP contribution < -0.4 is 20.1 Å². The zero-order chi connectivity index (χ0) is 18.2. The summed E-state index contributed by atoms with van der Waals surface area (Å²) in [6, 6.07) is 3.98. The molecule has 0 bridgehead atoms. The van der Waals surface area contributed by atoms with E-state index in [-0.39, 0.29) is 18.1 Å². The fraction of sp³-hybridized carbons (Fsp3) is 0.611. The van der Waals surface area contributed by atoms with Crippen molar-refractivity contribution in [3.63, 3.8) is 0 Å². The Morgan fingerprint density at radius 1 is 1.33 bits per heavy atom. The minimum absolute atomic E-state index is 0.0474. The van der Waals surface area contributed by atoms with E-state index in [0.29, 0.717) is 11.5 Å². The van der Waals surface area contributed by atoms with E-state index in [1.165, 1.54) is 12.8 Å². The summed E-state index contributed by atoms with van der Waals surface area (Å²) in [5, 5.41) is 5.15. The Labute approximate surface area is 153 Å². The van der Waals surface area contributed by atoms with Gasteiger partial charge in [-0.05, 0) is 55.3 Å². The molecular formula is C18H30BrN2O3+. The highest BCUT2D eigenvalue weighted by Gasteiger charge is 2.17. The van der Waals surface area contributed by atoms with E-state index in [9.17, 15) is 4.79 Å². The lowest BCUT2D eigenvalue weighted by molar-refractivity contribution is -0.670. The Morgan fingerprint density at radius 2 is 2.04 bits per heavy atom. The maximum absolute atomic E-state index is 11.9. The predicted octanol–water partition coefficient (Wildman–Crippen LogP) is 2.61. The van der Waals surface area contributed by atoms with Crippen molar-refractivity contribution in [2.45, 2.75) is 52.6 Å². The molecule has 6 heteroatoms. The molecule has 0 aromatic heterocycles. The zero-order valence-electron chi connectivity index (χ0n) is 15.4. The molecule has 5 nitrogen and oxygen atoms in total. The fourth-order valence-corrected chi connectivity index (χ4v) is 2.84. The number of ether oxygens (including phenoxy) is 2. The predicted molar refractivity (Wildman–Crippen MR) is 99.5 cm³/mol. The molecule has 0 spiro atoms. The van der Waals surface area contributed by atoms with Gasteiger partial charge in [-0.3, -0.25) is 4.79 Å². The van der Waals surface area contributed by atoms with Crippen LogP contribution in [0, 0.1) is 0 Å². The number of hydrogen-bond donors (Lipinski definition) is 2. The highest BCUT2D eigenvalue weighted by Crippen LogP contribution is 2.36. The van der Waals surface area contributed by atoms with Gasteiger partial charge in [0, 0.05) is 11.1 Å². The van der Waals surface area contributed by atoms with Crippen LogP contribution in [0.5, 0.6) is 11.5 Å². The van der Waals surface area contributed by atoms with Gasteiger partial charge < -0.3 is 20.1 Å². The first-order chi connectivity index (χ1) is 11.3. The molecule has 0 aliphatic carbocycles. The van der Waals surface area contributed by atoms with Crippen molar-refractivity contribution in [3.8, 4) is 11.5 Å². The number of rotatable bonds is 9. The van der Waals surface area contributed by atoms with Crippen molar-refractivity contribution in [1.29, 1.82) is 0 Å². The van der Waals surface area contributed by atoms with Gasteiger partial charge in [0.15, 0.2) is 18.1 Å². The Bertz CT molecular complexity index is 542. The van der Waals surface area contributed by atoms with E-state index < -0.39 is 0 Å². The van der Waals surface area contributed by atoms with Crippen LogP contribution in [0.3, 0.4) is 0 Å². The van der Waals surface area contributed by atoms with Crippen molar-refractivity contribution in [2.24, 2.45) is 0 Å². The molecule has 1 aromatic carbocycles. The molecule has 0 unspecified atom stereocenters. The van der Waals surface area contributed by atoms with Gasteiger partial charge in [0.2, 0.25) is 0 Å². The molecule has 0 radical (unpaired) electrons. The average Bonchev–Trinajstić information content (AvgIpc) is 2.48. The number of halogens is 1. The van der Waals surface area contributed by atoms with Gasteiger partial charge in [-0.25, -0.2) is 0 Å². The molecule has 1 aromatic rings. The lowest BCUT2D eigenvalue weighted by atomic mass is 10.1. The first-order valence-corrected chi connectivity index (χ1v) is 9.18. The third-order valence-corrected chi connectivity index (χ3v) is 3.88. The first-order valence-electron chi connectivity index (χ1n) is 8.38. The van der Waals surface area contributed by atoms with Crippen molar-refractivity contribution >= 4 is 21.8 Å². The van der Waals surface area contributed by atoms with E-state index in [2.05, 4.69) is 33.5 Å². The first kappa shape index (κ1) is 20.8. The molecule has 1 rings (SSSR count). The van der Waals surface area contributed by atoms with Gasteiger partial charge in [0.05, 0.1) is 18.1 Å². The minimum Gasteiger partial charge on any atom is -0.493 e. The molecule has 136 valence electrons. The van der Waals surface area contributed by atoms with Gasteiger partial charge in [-0.2, -0.15) is 0 Å². The van der Waals surface area contributed by atoms with E-state index in [1.807, 2.05) is 32.9 Å². The number of carbonyl (C=O) groups is 1. The van der Waals surface area contributed by atoms with Crippen LogP contribution >= 0.6 is 15.9 Å². The number of unbranched alkanes of at least 4 members (excludes halogenated alkanes) is 1. The Kier molecular flexibility index (Phi) is 8.56. The van der Waals surface area contributed by atoms with Crippen LogP contribution in [0.25, 0.3) is 0 Å². The summed E-state index contributed by atoms with van der Waals surface area (Å²) in [7, 11) is 1.61. The smallest absolute Gasteiger partial charge is 0.258 e. The van der Waals surface area contributed by atoms with Gasteiger partial charge in [0.1, 0.15) is 6.54 Å². The second-order valence-electron chi connectivity index (χ2n) is 6.83. The molecule has 0 fully saturated rings. The summed E-state index contributed by atoms with van der Waals surface area (Å²) in [5.41, 5.74) is 0.876. The molecule has 0 saturated carbocycles. The number of nitrogens with one attached hydrogen (secondary N) is 1. The third kappa shape index (κ3) is 7.53. The SMILES string of the molecule is CCCC[NH2+]Cc1cc(Br)c(OCC(=O)NC(C)(C)C)c(OC)c1. The quantitative estimate of drug-likeness (QED) is 0.625. The topological polar surface area (TPSA) is 64.2 Å². The highest BCUT2D eigenvalue weighted by molar-refractivity contribution is 9.10. The van der Waals surface area contributed by atoms with Gasteiger partial charge in [-0.1, -0.05) is 13.3 Å². The Hall–Kier alpha value is -1.27. The number of carbonyl (C=O) groups excluding carboxylic acids is 1. The van der Waals surface area contributed by atoms with Crippen LogP contribution in [-0.2, 0) is 11.3 Å². The maximum Gasteiger partial charge on any atom is 0.258 e. The molecule has 0 saturated heterocycles. The number of hydrogen-bond acceptors (Lipinski definition) is 3. The van der Waals surface area contributed by atoms with E-state index in [0.717, 1.165) is 23.1 Å². The van der Waals surface area contributed by atoms with Crippen LogP contribution in [0.2, 0.25) is 0 Å². The monoisotopic (exact) mass is 401 g/mol. The van der Waals surface area contributed by atoms with Crippen LogP contribution in [0.4, 0.5) is 0 Å². The van der Waals surface area contributed by atoms with E-state index >= 15 is 0 Å². The lowest BCUT2D eigenvalue weighted by Gasteiger charge is -2.21. The number of amides is 1. The molecule has 3 N–H and O–H groups in total. The Morgan fingerprint density at radius 3 is 2.62 bits per heavy atom. The highest BCUT2D eigenvalue weighted by atomic mass is 79.9.